The summed E-state index contributed by atoms with van der Waals surface area (Å²) in [6.07, 6.45) is 5.22. The summed E-state index contributed by atoms with van der Waals surface area (Å²) in [5.74, 6) is 0. The Bertz CT molecular complexity index is 603. The van der Waals surface area contributed by atoms with Gasteiger partial charge in [0.25, 0.3) is 0 Å². The van der Waals surface area contributed by atoms with Crippen molar-refractivity contribution in [2.45, 2.75) is 55.9 Å². The minimum Gasteiger partial charge on any atom is -0.392 e. The second-order valence-electron chi connectivity index (χ2n) is 5.65. The van der Waals surface area contributed by atoms with Gasteiger partial charge in [-0.25, -0.2) is 8.42 Å². The number of rotatable bonds is 6. The van der Waals surface area contributed by atoms with Gasteiger partial charge in [0, 0.05) is 0 Å². The van der Waals surface area contributed by atoms with Crippen LogP contribution in [0.15, 0.2) is 29.2 Å². The monoisotopic (exact) mass is 326 g/mol. The van der Waals surface area contributed by atoms with E-state index in [9.17, 15) is 8.42 Å². The Balaban J connectivity index is 2.23. The molecule has 1 saturated carbocycles. The molecule has 1 aliphatic carbocycles. The molecular formula is C15H22N2O2S2. The number of thiocarbonyl (C=S) groups is 1. The lowest BCUT2D eigenvalue weighted by atomic mass is 10.00. The van der Waals surface area contributed by atoms with Gasteiger partial charge in [0.1, 0.15) is 0 Å². The van der Waals surface area contributed by atoms with Crippen molar-refractivity contribution >= 4 is 27.2 Å². The number of benzene rings is 1. The summed E-state index contributed by atoms with van der Waals surface area (Å²) in [5.41, 5.74) is 6.17. The van der Waals surface area contributed by atoms with E-state index in [1.807, 2.05) is 12.1 Å². The van der Waals surface area contributed by atoms with Crippen molar-refractivity contribution in [2.75, 3.05) is 0 Å². The van der Waals surface area contributed by atoms with Gasteiger partial charge in [-0.05, 0) is 37.0 Å². The maximum Gasteiger partial charge on any atom is 0.241 e. The van der Waals surface area contributed by atoms with Gasteiger partial charge in [0.2, 0.25) is 10.0 Å². The highest BCUT2D eigenvalue weighted by atomic mass is 32.2. The number of nitrogens with one attached hydrogen (secondary N) is 1. The van der Waals surface area contributed by atoms with E-state index < -0.39 is 15.6 Å². The minimum atomic E-state index is -3.60. The van der Waals surface area contributed by atoms with Crippen LogP contribution in [0, 0.1) is 0 Å². The van der Waals surface area contributed by atoms with Crippen molar-refractivity contribution in [2.24, 2.45) is 5.73 Å². The Morgan fingerprint density at radius 2 is 1.86 bits per heavy atom. The lowest BCUT2D eigenvalue weighted by molar-refractivity contribution is 0.503. The first-order valence-corrected chi connectivity index (χ1v) is 9.21. The van der Waals surface area contributed by atoms with E-state index in [0.29, 0.717) is 12.8 Å². The van der Waals surface area contributed by atoms with Crippen molar-refractivity contribution < 1.29 is 8.42 Å². The average Bonchev–Trinajstić information content (AvgIpc) is 2.89. The molecule has 6 heteroatoms. The highest BCUT2D eigenvalue weighted by Crippen LogP contribution is 2.31. The lowest BCUT2D eigenvalue weighted by Gasteiger charge is -2.28. The van der Waals surface area contributed by atoms with Gasteiger partial charge >= 0.3 is 0 Å². The Kier molecular flexibility index (Phi) is 5.01. The maximum atomic E-state index is 12.5. The molecule has 0 unspecified atom stereocenters. The summed E-state index contributed by atoms with van der Waals surface area (Å²) in [7, 11) is -3.60. The fourth-order valence-electron chi connectivity index (χ4n) is 2.82. The van der Waals surface area contributed by atoms with Crippen molar-refractivity contribution in [3.8, 4) is 0 Å². The van der Waals surface area contributed by atoms with Crippen molar-refractivity contribution in [3.63, 3.8) is 0 Å². The van der Waals surface area contributed by atoms with Crippen LogP contribution in [0.1, 0.15) is 44.6 Å². The normalized spacial score (nSPS) is 17.8. The molecule has 3 N–H and O–H groups in total. The topological polar surface area (TPSA) is 72.2 Å². The van der Waals surface area contributed by atoms with Crippen LogP contribution in [0.3, 0.4) is 0 Å². The first-order chi connectivity index (χ1) is 9.89. The molecule has 0 spiro atoms. The van der Waals surface area contributed by atoms with Gasteiger partial charge in [0.15, 0.2) is 0 Å². The van der Waals surface area contributed by atoms with Crippen LogP contribution in [-0.4, -0.2) is 18.9 Å². The summed E-state index contributed by atoms with van der Waals surface area (Å²) >= 11 is 5.09. The molecule has 0 radical (unpaired) electrons. The molecule has 4 nitrogen and oxygen atoms in total. The molecule has 0 bridgehead atoms. The molecule has 0 heterocycles. The van der Waals surface area contributed by atoms with Crippen LogP contribution >= 0.6 is 12.2 Å². The largest absolute Gasteiger partial charge is 0.392 e. The SMILES string of the molecule is CCCc1ccc(S(=O)(=O)NC2(C(N)=S)CCCC2)cc1. The molecule has 0 atom stereocenters. The highest BCUT2D eigenvalue weighted by molar-refractivity contribution is 7.89. The van der Waals surface area contributed by atoms with E-state index in [0.717, 1.165) is 31.2 Å². The molecular weight excluding hydrogens is 304 g/mol. The third-order valence-corrected chi connectivity index (χ3v) is 5.97. The molecule has 1 aliphatic rings. The van der Waals surface area contributed by atoms with Crippen LogP contribution in [0.2, 0.25) is 0 Å². The zero-order valence-electron chi connectivity index (χ0n) is 12.3. The summed E-state index contributed by atoms with van der Waals surface area (Å²) in [5, 5.41) is 0. The minimum absolute atomic E-state index is 0.242. The molecule has 116 valence electrons. The van der Waals surface area contributed by atoms with Gasteiger partial charge in [-0.15, -0.1) is 0 Å². The second-order valence-corrected chi connectivity index (χ2v) is 7.78. The first kappa shape index (κ1) is 16.4. The lowest BCUT2D eigenvalue weighted by Crippen LogP contribution is -2.54. The number of aryl methyl sites for hydroxylation is 1. The summed E-state index contributed by atoms with van der Waals surface area (Å²) in [6.45, 7) is 2.10. The van der Waals surface area contributed by atoms with E-state index in [4.69, 9.17) is 18.0 Å². The molecule has 0 saturated heterocycles. The molecule has 0 amide bonds. The van der Waals surface area contributed by atoms with Crippen LogP contribution in [0.25, 0.3) is 0 Å². The molecule has 0 aromatic heterocycles. The Morgan fingerprint density at radius 1 is 1.29 bits per heavy atom. The van der Waals surface area contributed by atoms with Crippen molar-refractivity contribution in [1.29, 1.82) is 0 Å². The van der Waals surface area contributed by atoms with E-state index >= 15 is 0 Å². The fraction of sp³-hybridized carbons (Fsp3) is 0.533. The zero-order valence-corrected chi connectivity index (χ0v) is 13.9. The van der Waals surface area contributed by atoms with Crippen LogP contribution in [-0.2, 0) is 16.4 Å². The molecule has 0 aliphatic heterocycles. The quantitative estimate of drug-likeness (QED) is 0.788. The van der Waals surface area contributed by atoms with Gasteiger partial charge in [0.05, 0.1) is 15.4 Å². The second kappa shape index (κ2) is 6.42. The Labute approximate surface area is 132 Å². The molecule has 2 rings (SSSR count). The summed E-state index contributed by atoms with van der Waals surface area (Å²) < 4.78 is 27.8. The van der Waals surface area contributed by atoms with Crippen LogP contribution < -0.4 is 10.5 Å². The number of hydrogen-bond donors (Lipinski definition) is 2. The standard InChI is InChI=1S/C15H22N2O2S2/c1-2-5-12-6-8-13(9-7-12)21(18,19)17-15(14(16)20)10-3-4-11-15/h6-9,17H,2-5,10-11H2,1H3,(H2,16,20). The number of hydrogen-bond acceptors (Lipinski definition) is 3. The number of sulfonamides is 1. The predicted molar refractivity (Wildman–Crippen MR) is 88.7 cm³/mol. The molecule has 1 fully saturated rings. The first-order valence-electron chi connectivity index (χ1n) is 7.32. The average molecular weight is 326 g/mol. The van der Waals surface area contributed by atoms with Crippen LogP contribution in [0.5, 0.6) is 0 Å². The zero-order chi connectivity index (χ0) is 15.5. The molecule has 1 aromatic rings. The maximum absolute atomic E-state index is 12.5. The third-order valence-electron chi connectivity index (χ3n) is 4.03. The smallest absolute Gasteiger partial charge is 0.241 e. The highest BCUT2D eigenvalue weighted by Gasteiger charge is 2.40. The Hall–Kier alpha value is -0.980. The Morgan fingerprint density at radius 3 is 2.33 bits per heavy atom. The van der Waals surface area contributed by atoms with Gasteiger partial charge < -0.3 is 5.73 Å². The third kappa shape index (κ3) is 3.62. The van der Waals surface area contributed by atoms with Crippen molar-refractivity contribution in [1.82, 2.24) is 4.72 Å². The van der Waals surface area contributed by atoms with Gasteiger partial charge in [-0.3, -0.25) is 0 Å². The fourth-order valence-corrected chi connectivity index (χ4v) is 4.58. The van der Waals surface area contributed by atoms with E-state index in [1.54, 1.807) is 12.1 Å². The molecule has 21 heavy (non-hydrogen) atoms. The number of nitrogens with two attached hydrogens (primary N) is 1. The van der Waals surface area contributed by atoms with E-state index in [1.165, 1.54) is 0 Å². The van der Waals surface area contributed by atoms with Crippen molar-refractivity contribution in [3.05, 3.63) is 29.8 Å². The van der Waals surface area contributed by atoms with E-state index in [2.05, 4.69) is 11.6 Å². The summed E-state index contributed by atoms with van der Waals surface area (Å²) in [4.78, 5) is 0.510. The predicted octanol–water partition coefficient (Wildman–Crippen LogP) is 2.52. The van der Waals surface area contributed by atoms with Gasteiger partial charge in [-0.2, -0.15) is 4.72 Å². The van der Waals surface area contributed by atoms with E-state index in [-0.39, 0.29) is 9.88 Å². The molecule has 1 aromatic carbocycles. The van der Waals surface area contributed by atoms with Gasteiger partial charge in [-0.1, -0.05) is 50.5 Å². The van der Waals surface area contributed by atoms with Crippen LogP contribution in [0.4, 0.5) is 0 Å². The summed E-state index contributed by atoms with van der Waals surface area (Å²) in [6, 6.07) is 7.02.